The molecule has 0 aliphatic carbocycles. The Morgan fingerprint density at radius 1 is 0.962 bits per heavy atom. The number of hydrogen-bond acceptors (Lipinski definition) is 1. The summed E-state index contributed by atoms with van der Waals surface area (Å²) >= 11 is 3.46. The maximum Gasteiger partial charge on any atom is 0.225 e. The molecule has 1 unspecified atom stereocenters. The molecular formula is C23H22BrNO. The Morgan fingerprint density at radius 2 is 1.73 bits per heavy atom. The summed E-state index contributed by atoms with van der Waals surface area (Å²) in [4.78, 5) is 12.7. The van der Waals surface area contributed by atoms with Crippen LogP contribution < -0.4 is 5.32 Å². The number of rotatable bonds is 5. The lowest BCUT2D eigenvalue weighted by molar-refractivity contribution is -0.120. The van der Waals surface area contributed by atoms with Crippen molar-refractivity contribution in [1.82, 2.24) is 5.32 Å². The second-order valence-corrected chi connectivity index (χ2v) is 7.49. The van der Waals surface area contributed by atoms with Crippen LogP contribution in [0.4, 0.5) is 0 Å². The number of carbonyl (C=O) groups is 1. The zero-order valence-electron chi connectivity index (χ0n) is 15.0. The van der Waals surface area contributed by atoms with E-state index in [0.29, 0.717) is 6.42 Å². The summed E-state index contributed by atoms with van der Waals surface area (Å²) in [6.45, 7) is 4.18. The molecule has 0 radical (unpaired) electrons. The predicted octanol–water partition coefficient (Wildman–Crippen LogP) is 5.51. The summed E-state index contributed by atoms with van der Waals surface area (Å²) in [7, 11) is 0. The van der Waals surface area contributed by atoms with E-state index >= 15 is 0 Å². The lowest BCUT2D eigenvalue weighted by atomic mass is 9.93. The van der Waals surface area contributed by atoms with Gasteiger partial charge < -0.3 is 5.32 Å². The molecule has 0 saturated heterocycles. The molecule has 0 aromatic heterocycles. The maximum absolute atomic E-state index is 12.7. The highest BCUT2D eigenvalue weighted by atomic mass is 79.9. The van der Waals surface area contributed by atoms with Crippen LogP contribution in [0.25, 0.3) is 0 Å². The SMILES string of the molecule is Cc1ccc(C(NC(=O)Cc2cccc(Br)c2)c2ccccc2)c(C)c1. The summed E-state index contributed by atoms with van der Waals surface area (Å²) in [5.41, 5.74) is 5.61. The van der Waals surface area contributed by atoms with Gasteiger partial charge in [-0.25, -0.2) is 0 Å². The van der Waals surface area contributed by atoms with Crippen LogP contribution in [0.1, 0.15) is 33.9 Å². The van der Waals surface area contributed by atoms with Crippen LogP contribution in [0.5, 0.6) is 0 Å². The Bertz CT molecular complexity index is 905. The van der Waals surface area contributed by atoms with Crippen molar-refractivity contribution in [3.8, 4) is 0 Å². The van der Waals surface area contributed by atoms with E-state index in [4.69, 9.17) is 0 Å². The van der Waals surface area contributed by atoms with Gasteiger partial charge in [-0.15, -0.1) is 0 Å². The number of halogens is 1. The van der Waals surface area contributed by atoms with E-state index in [2.05, 4.69) is 65.4 Å². The van der Waals surface area contributed by atoms with Gasteiger partial charge in [-0.3, -0.25) is 4.79 Å². The Balaban J connectivity index is 1.87. The second kappa shape index (κ2) is 8.33. The van der Waals surface area contributed by atoms with Gasteiger partial charge in [0.25, 0.3) is 0 Å². The van der Waals surface area contributed by atoms with E-state index < -0.39 is 0 Å². The number of hydrogen-bond donors (Lipinski definition) is 1. The van der Waals surface area contributed by atoms with Crippen LogP contribution in [-0.2, 0) is 11.2 Å². The molecule has 0 saturated carbocycles. The lowest BCUT2D eigenvalue weighted by Crippen LogP contribution is -2.31. The number of amides is 1. The summed E-state index contributed by atoms with van der Waals surface area (Å²) < 4.78 is 0.983. The monoisotopic (exact) mass is 407 g/mol. The first-order chi connectivity index (χ1) is 12.5. The van der Waals surface area contributed by atoms with Gasteiger partial charge in [0, 0.05) is 4.47 Å². The van der Waals surface area contributed by atoms with Gasteiger partial charge in [-0.05, 0) is 48.2 Å². The summed E-state index contributed by atoms with van der Waals surface area (Å²) in [6.07, 6.45) is 0.355. The van der Waals surface area contributed by atoms with E-state index in [1.807, 2.05) is 42.5 Å². The number of nitrogens with one attached hydrogen (secondary N) is 1. The fraction of sp³-hybridized carbons (Fsp3) is 0.174. The Hall–Kier alpha value is -2.39. The van der Waals surface area contributed by atoms with Crippen molar-refractivity contribution in [2.24, 2.45) is 0 Å². The van der Waals surface area contributed by atoms with E-state index in [9.17, 15) is 4.79 Å². The molecule has 26 heavy (non-hydrogen) atoms. The molecule has 3 rings (SSSR count). The average Bonchev–Trinajstić information content (AvgIpc) is 2.61. The molecule has 0 bridgehead atoms. The molecule has 0 aliphatic rings. The van der Waals surface area contributed by atoms with Crippen LogP contribution in [0.15, 0.2) is 77.3 Å². The molecule has 0 fully saturated rings. The standard InChI is InChI=1S/C23H22BrNO/c1-16-11-12-21(17(2)13-16)23(19-8-4-3-5-9-19)25-22(26)15-18-7-6-10-20(24)14-18/h3-14,23H,15H2,1-2H3,(H,25,26). The largest absolute Gasteiger partial charge is 0.345 e. The van der Waals surface area contributed by atoms with Gasteiger partial charge in [0.2, 0.25) is 5.91 Å². The van der Waals surface area contributed by atoms with Crippen molar-refractivity contribution in [2.45, 2.75) is 26.3 Å². The van der Waals surface area contributed by atoms with Crippen LogP contribution >= 0.6 is 15.9 Å². The van der Waals surface area contributed by atoms with Crippen molar-refractivity contribution in [3.63, 3.8) is 0 Å². The average molecular weight is 408 g/mol. The zero-order chi connectivity index (χ0) is 18.5. The zero-order valence-corrected chi connectivity index (χ0v) is 16.6. The third kappa shape index (κ3) is 4.61. The maximum atomic E-state index is 12.7. The van der Waals surface area contributed by atoms with Crippen LogP contribution in [0, 0.1) is 13.8 Å². The fourth-order valence-corrected chi connectivity index (χ4v) is 3.63. The fourth-order valence-electron chi connectivity index (χ4n) is 3.18. The van der Waals surface area contributed by atoms with Crippen molar-refractivity contribution >= 4 is 21.8 Å². The molecule has 3 heteroatoms. The molecular weight excluding hydrogens is 386 g/mol. The first-order valence-electron chi connectivity index (χ1n) is 8.69. The van der Waals surface area contributed by atoms with Crippen LogP contribution in [0.2, 0.25) is 0 Å². The number of aryl methyl sites for hydroxylation is 2. The highest BCUT2D eigenvalue weighted by molar-refractivity contribution is 9.10. The van der Waals surface area contributed by atoms with Crippen molar-refractivity contribution in [3.05, 3.63) is 105 Å². The van der Waals surface area contributed by atoms with E-state index in [0.717, 1.165) is 21.2 Å². The normalized spacial score (nSPS) is 11.8. The van der Waals surface area contributed by atoms with Crippen molar-refractivity contribution < 1.29 is 4.79 Å². The van der Waals surface area contributed by atoms with Gasteiger partial charge in [0.1, 0.15) is 0 Å². The Morgan fingerprint density at radius 3 is 2.42 bits per heavy atom. The molecule has 0 heterocycles. The Kier molecular flexibility index (Phi) is 5.89. The number of carbonyl (C=O) groups excluding carboxylic acids is 1. The minimum atomic E-state index is -0.156. The molecule has 0 aliphatic heterocycles. The van der Waals surface area contributed by atoms with Gasteiger partial charge in [0.05, 0.1) is 12.5 Å². The van der Waals surface area contributed by atoms with Crippen LogP contribution in [-0.4, -0.2) is 5.91 Å². The van der Waals surface area contributed by atoms with Crippen molar-refractivity contribution in [1.29, 1.82) is 0 Å². The van der Waals surface area contributed by atoms with E-state index in [1.54, 1.807) is 0 Å². The van der Waals surface area contributed by atoms with Gasteiger partial charge in [-0.1, -0.05) is 82.2 Å². The third-order valence-electron chi connectivity index (χ3n) is 4.43. The molecule has 1 atom stereocenters. The molecule has 2 nitrogen and oxygen atoms in total. The van der Waals surface area contributed by atoms with E-state index in [-0.39, 0.29) is 11.9 Å². The predicted molar refractivity (Wildman–Crippen MR) is 110 cm³/mol. The molecule has 1 N–H and O–H groups in total. The van der Waals surface area contributed by atoms with Crippen LogP contribution in [0.3, 0.4) is 0 Å². The molecule has 1 amide bonds. The first-order valence-corrected chi connectivity index (χ1v) is 9.48. The molecule has 3 aromatic carbocycles. The van der Waals surface area contributed by atoms with Gasteiger partial charge >= 0.3 is 0 Å². The topological polar surface area (TPSA) is 29.1 Å². The first kappa shape index (κ1) is 18.4. The number of benzene rings is 3. The molecule has 3 aromatic rings. The third-order valence-corrected chi connectivity index (χ3v) is 4.92. The lowest BCUT2D eigenvalue weighted by Gasteiger charge is -2.22. The second-order valence-electron chi connectivity index (χ2n) is 6.58. The Labute approximate surface area is 163 Å². The highest BCUT2D eigenvalue weighted by Crippen LogP contribution is 2.26. The summed E-state index contributed by atoms with van der Waals surface area (Å²) in [5.74, 6) is 0.0110. The quantitative estimate of drug-likeness (QED) is 0.592. The summed E-state index contributed by atoms with van der Waals surface area (Å²) in [5, 5.41) is 3.22. The molecule has 132 valence electrons. The van der Waals surface area contributed by atoms with Gasteiger partial charge in [0.15, 0.2) is 0 Å². The minimum Gasteiger partial charge on any atom is -0.345 e. The van der Waals surface area contributed by atoms with E-state index in [1.165, 1.54) is 11.1 Å². The van der Waals surface area contributed by atoms with Crippen molar-refractivity contribution in [2.75, 3.05) is 0 Å². The minimum absolute atomic E-state index is 0.0110. The smallest absolute Gasteiger partial charge is 0.225 e. The highest BCUT2D eigenvalue weighted by Gasteiger charge is 2.18. The molecule has 0 spiro atoms. The van der Waals surface area contributed by atoms with Gasteiger partial charge in [-0.2, -0.15) is 0 Å². The summed E-state index contributed by atoms with van der Waals surface area (Å²) in [6, 6.07) is 24.2.